The van der Waals surface area contributed by atoms with Crippen molar-refractivity contribution in [2.45, 2.75) is 352 Å². The first-order valence-electron chi connectivity index (χ1n) is 34.3. The Hall–Kier alpha value is -2.63. The van der Waals surface area contributed by atoms with Gasteiger partial charge in [0.1, 0.15) is 24.4 Å². The fourth-order valence-electron chi connectivity index (χ4n) is 10.7. The number of ether oxygens (including phenoxy) is 2. The van der Waals surface area contributed by atoms with Gasteiger partial charge >= 0.3 is 0 Å². The molecule has 0 radical (unpaired) electrons. The van der Waals surface area contributed by atoms with Gasteiger partial charge in [-0.1, -0.05) is 317 Å². The monoisotopic (exact) mass is 1140 g/mol. The highest BCUT2D eigenvalue weighted by Crippen LogP contribution is 2.23. The van der Waals surface area contributed by atoms with Crippen LogP contribution in [0.5, 0.6) is 0 Å². The van der Waals surface area contributed by atoms with Gasteiger partial charge in [-0.15, -0.1) is 0 Å². The van der Waals surface area contributed by atoms with Crippen LogP contribution in [0.25, 0.3) is 0 Å². The van der Waals surface area contributed by atoms with E-state index in [1.165, 1.54) is 199 Å². The first kappa shape index (κ1) is 76.4. The standard InChI is InChI=1S/C72H129NO8/c1-3-5-7-9-11-13-15-17-19-21-23-25-27-28-29-30-31-32-33-34-35-36-37-38-40-42-44-46-48-50-52-54-56-58-60-62-68(76)73-65(64-80-72-71(79)70(78)69(77)67(63-74)81-72)66(75)61-59-57-55-53-51-49-47-45-43-41-39-26-24-22-20-18-16-14-12-10-8-6-4-2/h5,7,11,13,17,19,23,25,28-29,31-32,34-35,65-67,69-72,74-75,77-79H,3-4,6,8-10,12,14-16,18,20-22,24,26-27,30,33,36-64H2,1-2H3,(H,73,76)/b7-5-,13-11-,19-17-,25-23-,29-28-,32-31-,35-34-. The Labute approximate surface area is 499 Å². The van der Waals surface area contributed by atoms with Gasteiger partial charge < -0.3 is 40.3 Å². The van der Waals surface area contributed by atoms with Crippen molar-refractivity contribution in [1.29, 1.82) is 0 Å². The summed E-state index contributed by atoms with van der Waals surface area (Å²) in [6.45, 7) is 3.76. The van der Waals surface area contributed by atoms with Gasteiger partial charge in [0.15, 0.2) is 6.29 Å². The van der Waals surface area contributed by atoms with E-state index in [0.717, 1.165) is 83.5 Å². The van der Waals surface area contributed by atoms with Crippen LogP contribution in [0.15, 0.2) is 85.1 Å². The van der Waals surface area contributed by atoms with E-state index in [2.05, 4.69) is 104 Å². The molecule has 0 aromatic carbocycles. The van der Waals surface area contributed by atoms with Crippen molar-refractivity contribution in [1.82, 2.24) is 5.32 Å². The van der Waals surface area contributed by atoms with Crippen LogP contribution in [0, 0.1) is 0 Å². The van der Waals surface area contributed by atoms with Gasteiger partial charge in [-0.25, -0.2) is 0 Å². The molecule has 1 aliphatic rings. The second kappa shape index (κ2) is 60.5. The van der Waals surface area contributed by atoms with Crippen LogP contribution in [0.3, 0.4) is 0 Å². The highest BCUT2D eigenvalue weighted by molar-refractivity contribution is 5.76. The molecule has 0 aromatic heterocycles. The summed E-state index contributed by atoms with van der Waals surface area (Å²) in [6, 6.07) is -0.725. The molecule has 1 saturated heterocycles. The molecule has 0 aromatic rings. The quantitative estimate of drug-likeness (QED) is 0.0261. The number of carbonyl (C=O) groups is 1. The Morgan fingerprint density at radius 2 is 0.765 bits per heavy atom. The van der Waals surface area contributed by atoms with Crippen LogP contribution in [0.1, 0.15) is 309 Å². The predicted molar refractivity (Wildman–Crippen MR) is 345 cm³/mol. The first-order valence-corrected chi connectivity index (χ1v) is 34.3. The second-order valence-corrected chi connectivity index (χ2v) is 23.6. The van der Waals surface area contributed by atoms with E-state index in [-0.39, 0.29) is 12.5 Å². The van der Waals surface area contributed by atoms with Gasteiger partial charge in [-0.3, -0.25) is 4.79 Å². The molecule has 0 bridgehead atoms. The van der Waals surface area contributed by atoms with E-state index >= 15 is 0 Å². The fraction of sp³-hybridized carbons (Fsp3) is 0.792. The highest BCUT2D eigenvalue weighted by Gasteiger charge is 2.44. The molecule has 7 atom stereocenters. The predicted octanol–water partition coefficient (Wildman–Crippen LogP) is 18.5. The molecule has 9 nitrogen and oxygen atoms in total. The molecule has 6 N–H and O–H groups in total. The molecule has 81 heavy (non-hydrogen) atoms. The molecular formula is C72H129NO8. The van der Waals surface area contributed by atoms with Gasteiger partial charge in [-0.05, 0) is 70.6 Å². The number of amides is 1. The summed E-state index contributed by atoms with van der Waals surface area (Å²) in [5, 5.41) is 54.9. The zero-order valence-corrected chi connectivity index (χ0v) is 52.5. The Bertz CT molecular complexity index is 1550. The molecule has 0 aliphatic carbocycles. The number of aliphatic hydroxyl groups is 5. The van der Waals surface area contributed by atoms with Gasteiger partial charge in [0.2, 0.25) is 5.91 Å². The van der Waals surface area contributed by atoms with Crippen LogP contribution < -0.4 is 5.32 Å². The van der Waals surface area contributed by atoms with E-state index < -0.39 is 49.5 Å². The lowest BCUT2D eigenvalue weighted by atomic mass is 9.99. The minimum atomic E-state index is -1.56. The van der Waals surface area contributed by atoms with E-state index in [0.29, 0.717) is 12.8 Å². The lowest BCUT2D eigenvalue weighted by Crippen LogP contribution is -2.60. The average Bonchev–Trinajstić information content (AvgIpc) is 3.48. The summed E-state index contributed by atoms with van der Waals surface area (Å²) in [6.07, 6.45) is 79.2. The van der Waals surface area contributed by atoms with Crippen molar-refractivity contribution in [3.8, 4) is 0 Å². The van der Waals surface area contributed by atoms with Crippen molar-refractivity contribution in [3.05, 3.63) is 85.1 Å². The summed E-state index contributed by atoms with van der Waals surface area (Å²) in [4.78, 5) is 13.1. The van der Waals surface area contributed by atoms with Crippen molar-refractivity contribution < 1.29 is 39.8 Å². The molecule has 7 unspecified atom stereocenters. The van der Waals surface area contributed by atoms with Crippen LogP contribution in [0.4, 0.5) is 0 Å². The molecule has 0 saturated carbocycles. The number of rotatable bonds is 59. The van der Waals surface area contributed by atoms with Gasteiger partial charge in [0, 0.05) is 6.42 Å². The number of hydrogen-bond acceptors (Lipinski definition) is 8. The van der Waals surface area contributed by atoms with Crippen LogP contribution in [-0.2, 0) is 14.3 Å². The average molecular weight is 1140 g/mol. The minimum Gasteiger partial charge on any atom is -0.394 e. The maximum atomic E-state index is 13.1. The molecule has 9 heteroatoms. The third kappa shape index (κ3) is 49.4. The Kier molecular flexibility index (Phi) is 57.0. The summed E-state index contributed by atoms with van der Waals surface area (Å²) < 4.78 is 11.4. The van der Waals surface area contributed by atoms with Crippen LogP contribution in [-0.4, -0.2) is 87.5 Å². The summed E-state index contributed by atoms with van der Waals surface area (Å²) in [5.41, 5.74) is 0. The van der Waals surface area contributed by atoms with Crippen LogP contribution in [0.2, 0.25) is 0 Å². The van der Waals surface area contributed by atoms with Gasteiger partial charge in [0.05, 0.1) is 25.4 Å². The van der Waals surface area contributed by atoms with Gasteiger partial charge in [0.25, 0.3) is 0 Å². The first-order chi connectivity index (χ1) is 39.8. The normalized spacial score (nSPS) is 18.9. The number of carbonyl (C=O) groups excluding carboxylic acids is 1. The van der Waals surface area contributed by atoms with E-state index in [1.807, 2.05) is 0 Å². The van der Waals surface area contributed by atoms with Crippen molar-refractivity contribution in [3.63, 3.8) is 0 Å². The third-order valence-corrected chi connectivity index (χ3v) is 16.0. The zero-order chi connectivity index (χ0) is 58.6. The number of aliphatic hydroxyl groups excluding tert-OH is 5. The Morgan fingerprint density at radius 1 is 0.432 bits per heavy atom. The van der Waals surface area contributed by atoms with E-state index in [1.54, 1.807) is 0 Å². The van der Waals surface area contributed by atoms with E-state index in [4.69, 9.17) is 9.47 Å². The fourth-order valence-corrected chi connectivity index (χ4v) is 10.7. The number of unbranched alkanes of at least 4 members (excludes halogenated alkanes) is 35. The van der Waals surface area contributed by atoms with Crippen molar-refractivity contribution >= 4 is 5.91 Å². The molecule has 0 spiro atoms. The smallest absolute Gasteiger partial charge is 0.220 e. The molecule has 1 amide bonds. The highest BCUT2D eigenvalue weighted by atomic mass is 16.7. The molecule has 1 fully saturated rings. The number of allylic oxidation sites excluding steroid dienone is 14. The topological polar surface area (TPSA) is 149 Å². The maximum Gasteiger partial charge on any atom is 0.220 e. The largest absolute Gasteiger partial charge is 0.394 e. The Balaban J connectivity index is 2.13. The second-order valence-electron chi connectivity index (χ2n) is 23.6. The summed E-state index contributed by atoms with van der Waals surface area (Å²) in [7, 11) is 0. The Morgan fingerprint density at radius 3 is 1.14 bits per heavy atom. The lowest BCUT2D eigenvalue weighted by Gasteiger charge is -2.40. The number of nitrogens with one attached hydrogen (secondary N) is 1. The molecule has 470 valence electrons. The SMILES string of the molecule is CC/C=C\C/C=C\C/C=C\C/C=C\C/C=C\C/C=C\C/C=C\CCCCCCCCCCCCCCCC(=O)NC(COC1OC(CO)C(O)C(O)C1O)C(O)CCCCCCCCCCCCCCCCCCCCCCCCC. The van der Waals surface area contributed by atoms with Crippen molar-refractivity contribution in [2.24, 2.45) is 0 Å². The molecule has 1 heterocycles. The summed E-state index contributed by atoms with van der Waals surface area (Å²) >= 11 is 0. The molecular weight excluding hydrogens is 1010 g/mol. The summed E-state index contributed by atoms with van der Waals surface area (Å²) in [5.74, 6) is -0.144. The zero-order valence-electron chi connectivity index (χ0n) is 52.5. The maximum absolute atomic E-state index is 13.1. The molecule has 1 rings (SSSR count). The van der Waals surface area contributed by atoms with Crippen molar-refractivity contribution in [2.75, 3.05) is 13.2 Å². The van der Waals surface area contributed by atoms with Gasteiger partial charge in [-0.2, -0.15) is 0 Å². The molecule has 1 aliphatic heterocycles. The van der Waals surface area contributed by atoms with E-state index in [9.17, 15) is 30.3 Å². The minimum absolute atomic E-state index is 0.139. The number of hydrogen-bond donors (Lipinski definition) is 6. The lowest BCUT2D eigenvalue weighted by molar-refractivity contribution is -0.302. The van der Waals surface area contributed by atoms with Crippen LogP contribution >= 0.6 is 0 Å². The third-order valence-electron chi connectivity index (χ3n) is 16.0.